The second-order valence-corrected chi connectivity index (χ2v) is 7.91. The zero-order valence-corrected chi connectivity index (χ0v) is 18.8. The molecule has 2 N–H and O–H groups in total. The molecule has 2 aromatic carbocycles. The van der Waals surface area contributed by atoms with Crippen LogP contribution in [0.15, 0.2) is 48.5 Å². The molecule has 0 aromatic heterocycles. The first kappa shape index (κ1) is 23.7. The third-order valence-corrected chi connectivity index (χ3v) is 6.02. The number of likely N-dealkylation sites (tertiary alicyclic amines) is 1. The Hall–Kier alpha value is -2.94. The second kappa shape index (κ2) is 10.1. The van der Waals surface area contributed by atoms with Crippen molar-refractivity contribution in [3.05, 3.63) is 59.7 Å². The Balaban J connectivity index is 1.84. The zero-order chi connectivity index (χ0) is 23.3. The van der Waals surface area contributed by atoms with Crippen molar-refractivity contribution in [1.29, 1.82) is 0 Å². The van der Waals surface area contributed by atoms with Gasteiger partial charge in [-0.05, 0) is 36.2 Å². The monoisotopic (exact) mass is 442 g/mol. The van der Waals surface area contributed by atoms with E-state index < -0.39 is 23.8 Å². The van der Waals surface area contributed by atoms with E-state index in [0.717, 1.165) is 11.1 Å². The van der Waals surface area contributed by atoms with Gasteiger partial charge in [0.05, 0.1) is 19.6 Å². The van der Waals surface area contributed by atoms with Gasteiger partial charge in [-0.2, -0.15) is 0 Å². The van der Waals surface area contributed by atoms with Gasteiger partial charge in [0.1, 0.15) is 11.3 Å². The summed E-state index contributed by atoms with van der Waals surface area (Å²) in [6, 6.07) is 14.6. The Labute approximate surface area is 188 Å². The predicted molar refractivity (Wildman–Crippen MR) is 119 cm³/mol. The highest BCUT2D eigenvalue weighted by molar-refractivity contribution is 6.03. The Morgan fingerprint density at radius 2 is 1.81 bits per heavy atom. The first-order chi connectivity index (χ1) is 15.3. The van der Waals surface area contributed by atoms with Crippen LogP contribution >= 0.6 is 0 Å². The maximum Gasteiger partial charge on any atom is 0.252 e. The van der Waals surface area contributed by atoms with Gasteiger partial charge in [0.15, 0.2) is 6.29 Å². The van der Waals surface area contributed by atoms with Crippen molar-refractivity contribution in [2.24, 2.45) is 0 Å². The predicted octanol–water partition coefficient (Wildman–Crippen LogP) is 2.35. The van der Waals surface area contributed by atoms with Crippen LogP contribution in [0, 0.1) is 0 Å². The van der Waals surface area contributed by atoms with Crippen LogP contribution in [0.3, 0.4) is 0 Å². The number of carbonyl (C=O) groups excluding carboxylic acids is 2. The van der Waals surface area contributed by atoms with Crippen molar-refractivity contribution >= 4 is 17.5 Å². The number of aliphatic hydroxyl groups excluding tert-OH is 1. The number of anilines is 1. The largest absolute Gasteiger partial charge is 0.497 e. The summed E-state index contributed by atoms with van der Waals surface area (Å²) in [4.78, 5) is 27.6. The minimum absolute atomic E-state index is 0.114. The number of aliphatic hydroxyl groups is 1. The summed E-state index contributed by atoms with van der Waals surface area (Å²) in [5, 5.41) is 13.6. The average molecular weight is 443 g/mol. The molecule has 2 amide bonds. The number of hydrogen-bond acceptors (Lipinski definition) is 6. The first-order valence-corrected chi connectivity index (χ1v) is 10.4. The third kappa shape index (κ3) is 4.77. The van der Waals surface area contributed by atoms with Gasteiger partial charge < -0.3 is 29.5 Å². The molecule has 32 heavy (non-hydrogen) atoms. The molecule has 1 saturated heterocycles. The Morgan fingerprint density at radius 1 is 1.16 bits per heavy atom. The van der Waals surface area contributed by atoms with Crippen molar-refractivity contribution < 1.29 is 28.9 Å². The van der Waals surface area contributed by atoms with E-state index in [1.54, 1.807) is 52.5 Å². The van der Waals surface area contributed by atoms with Crippen LogP contribution in [0.5, 0.6) is 5.75 Å². The molecule has 1 aliphatic heterocycles. The highest BCUT2D eigenvalue weighted by atomic mass is 16.7. The van der Waals surface area contributed by atoms with E-state index in [1.165, 1.54) is 4.90 Å². The van der Waals surface area contributed by atoms with Crippen molar-refractivity contribution in [1.82, 2.24) is 4.90 Å². The smallest absolute Gasteiger partial charge is 0.252 e. The fraction of sp³-hybridized carbons (Fsp3) is 0.417. The van der Waals surface area contributed by atoms with Crippen molar-refractivity contribution in [2.45, 2.75) is 44.2 Å². The topological polar surface area (TPSA) is 97.3 Å². The summed E-state index contributed by atoms with van der Waals surface area (Å²) in [5.41, 5.74) is 0.801. The maximum atomic E-state index is 13.4. The second-order valence-electron chi connectivity index (χ2n) is 7.91. The number of amides is 2. The van der Waals surface area contributed by atoms with Crippen molar-refractivity contribution in [3.63, 3.8) is 0 Å². The molecule has 0 unspecified atom stereocenters. The van der Waals surface area contributed by atoms with Crippen LogP contribution in [-0.4, -0.2) is 61.1 Å². The lowest BCUT2D eigenvalue weighted by Crippen LogP contribution is -2.57. The molecular formula is C24H30N2O6. The fourth-order valence-corrected chi connectivity index (χ4v) is 3.86. The average Bonchev–Trinajstić information content (AvgIpc) is 3.02. The Kier molecular flexibility index (Phi) is 7.50. The zero-order valence-electron chi connectivity index (χ0n) is 18.8. The van der Waals surface area contributed by atoms with Crippen LogP contribution in [-0.2, 0) is 32.0 Å². The number of hydrogen-bond donors (Lipinski definition) is 2. The van der Waals surface area contributed by atoms with E-state index >= 15 is 0 Å². The SMILES string of the molecule is COc1ccc(CN2C(=O)C[C@H](O)[C@]2(C)C(=O)Nc2ccccc2CC(OC)OC)cc1. The quantitative estimate of drug-likeness (QED) is 0.579. The van der Waals surface area contributed by atoms with Gasteiger partial charge in [0, 0.05) is 32.9 Å². The molecule has 3 rings (SSSR count). The van der Waals surface area contributed by atoms with E-state index in [4.69, 9.17) is 14.2 Å². The fourth-order valence-electron chi connectivity index (χ4n) is 3.86. The molecule has 8 heteroatoms. The number of benzene rings is 2. The molecule has 1 aliphatic rings. The summed E-state index contributed by atoms with van der Waals surface area (Å²) in [5.74, 6) is -0.0367. The van der Waals surface area contributed by atoms with Crippen LogP contribution in [0.1, 0.15) is 24.5 Å². The lowest BCUT2D eigenvalue weighted by atomic mass is 9.93. The van der Waals surface area contributed by atoms with Gasteiger partial charge in [-0.1, -0.05) is 30.3 Å². The standard InChI is InChI=1S/C24H30N2O6/c1-24(23(29)25-19-8-6-5-7-17(19)13-22(31-3)32-4)20(27)14-21(28)26(24)15-16-9-11-18(30-2)12-10-16/h5-12,20,22,27H,13-15H2,1-4H3,(H,25,29)/t20-,24+/m0/s1. The molecule has 0 bridgehead atoms. The van der Waals surface area contributed by atoms with Crippen LogP contribution in [0.4, 0.5) is 5.69 Å². The molecule has 2 atom stereocenters. The normalized spacial score (nSPS) is 20.6. The molecule has 172 valence electrons. The summed E-state index contributed by atoms with van der Waals surface area (Å²) < 4.78 is 15.7. The van der Waals surface area contributed by atoms with Crippen molar-refractivity contribution in [3.8, 4) is 5.75 Å². The van der Waals surface area contributed by atoms with Gasteiger partial charge in [0.2, 0.25) is 5.91 Å². The first-order valence-electron chi connectivity index (χ1n) is 10.4. The number of rotatable bonds is 9. The third-order valence-electron chi connectivity index (χ3n) is 6.02. The molecule has 1 fully saturated rings. The number of methoxy groups -OCH3 is 3. The number of ether oxygens (including phenoxy) is 3. The van der Waals surface area contributed by atoms with E-state index in [0.29, 0.717) is 17.9 Å². The molecule has 0 aliphatic carbocycles. The minimum atomic E-state index is -1.42. The highest BCUT2D eigenvalue weighted by Crippen LogP contribution is 2.34. The molecular weight excluding hydrogens is 412 g/mol. The van der Waals surface area contributed by atoms with Crippen LogP contribution < -0.4 is 10.1 Å². The van der Waals surface area contributed by atoms with Gasteiger partial charge in [0.25, 0.3) is 5.91 Å². The summed E-state index contributed by atoms with van der Waals surface area (Å²) in [6.45, 7) is 1.79. The van der Waals surface area contributed by atoms with E-state index in [2.05, 4.69) is 5.32 Å². The van der Waals surface area contributed by atoms with E-state index in [1.807, 2.05) is 24.3 Å². The molecule has 0 radical (unpaired) electrons. The van der Waals surface area contributed by atoms with Gasteiger partial charge in [-0.15, -0.1) is 0 Å². The van der Waals surface area contributed by atoms with Crippen LogP contribution in [0.25, 0.3) is 0 Å². The molecule has 8 nitrogen and oxygen atoms in total. The molecule has 0 saturated carbocycles. The lowest BCUT2D eigenvalue weighted by molar-refractivity contribution is -0.140. The Bertz CT molecular complexity index is 944. The summed E-state index contributed by atoms with van der Waals surface area (Å²) >= 11 is 0. The van der Waals surface area contributed by atoms with Gasteiger partial charge in [-0.25, -0.2) is 0 Å². The Morgan fingerprint density at radius 3 is 2.44 bits per heavy atom. The highest BCUT2D eigenvalue weighted by Gasteiger charge is 2.54. The number of nitrogens with one attached hydrogen (secondary N) is 1. The molecule has 2 aromatic rings. The van der Waals surface area contributed by atoms with Gasteiger partial charge in [-0.3, -0.25) is 9.59 Å². The summed E-state index contributed by atoms with van der Waals surface area (Å²) in [6.07, 6.45) is -1.28. The summed E-state index contributed by atoms with van der Waals surface area (Å²) in [7, 11) is 4.68. The number of nitrogens with zero attached hydrogens (tertiary/aromatic N) is 1. The minimum Gasteiger partial charge on any atom is -0.497 e. The van der Waals surface area contributed by atoms with Gasteiger partial charge >= 0.3 is 0 Å². The maximum absolute atomic E-state index is 13.4. The number of para-hydroxylation sites is 1. The van der Waals surface area contributed by atoms with Crippen LogP contribution in [0.2, 0.25) is 0 Å². The van der Waals surface area contributed by atoms with E-state index in [-0.39, 0.29) is 18.9 Å². The lowest BCUT2D eigenvalue weighted by Gasteiger charge is -2.36. The number of carbonyl (C=O) groups is 2. The molecule has 1 heterocycles. The molecule has 0 spiro atoms. The van der Waals surface area contributed by atoms with Crippen molar-refractivity contribution in [2.75, 3.05) is 26.6 Å². The van der Waals surface area contributed by atoms with E-state index in [9.17, 15) is 14.7 Å².